The van der Waals surface area contributed by atoms with E-state index in [1.54, 1.807) is 51.2 Å². The highest BCUT2D eigenvalue weighted by Gasteiger charge is 2.29. The van der Waals surface area contributed by atoms with Gasteiger partial charge in [0.1, 0.15) is 16.6 Å². The predicted octanol–water partition coefficient (Wildman–Crippen LogP) is 5.44. The van der Waals surface area contributed by atoms with Crippen LogP contribution in [0.15, 0.2) is 53.4 Å². The SMILES string of the molecule is CCCCN(CCCC)S(=O)(=O)c1ccc(C(=O)Nc2sc3c(c2-c2nc4ccccc4s2)CC[NH+](C)C3)cc1. The van der Waals surface area contributed by atoms with Crippen molar-refractivity contribution in [1.82, 2.24) is 9.29 Å². The highest BCUT2D eigenvalue weighted by atomic mass is 32.2. The van der Waals surface area contributed by atoms with Gasteiger partial charge < -0.3 is 10.2 Å². The predicted molar refractivity (Wildman–Crippen MR) is 165 cm³/mol. The van der Waals surface area contributed by atoms with Crippen LogP contribution in [-0.4, -0.2) is 50.3 Å². The number of unbranched alkanes of at least 4 members (excludes halogenated alkanes) is 2. The van der Waals surface area contributed by atoms with Gasteiger partial charge in [-0.1, -0.05) is 38.8 Å². The fourth-order valence-corrected chi connectivity index (χ4v) is 9.02. The van der Waals surface area contributed by atoms with E-state index < -0.39 is 10.0 Å². The number of amides is 1. The van der Waals surface area contributed by atoms with Crippen molar-refractivity contribution >= 4 is 53.8 Å². The molecular formula is C30H37N4O3S3+. The fraction of sp³-hybridized carbons (Fsp3) is 0.400. The molecule has 1 atom stereocenters. The molecule has 1 unspecified atom stereocenters. The maximum atomic E-state index is 13.4. The number of nitrogens with zero attached hydrogens (tertiary/aromatic N) is 2. The molecule has 0 aliphatic carbocycles. The Labute approximate surface area is 244 Å². The number of aromatic nitrogens is 1. The molecule has 5 rings (SSSR count). The van der Waals surface area contributed by atoms with Crippen molar-refractivity contribution in [2.24, 2.45) is 0 Å². The molecule has 1 aliphatic heterocycles. The van der Waals surface area contributed by atoms with Crippen LogP contribution in [0.1, 0.15) is 60.3 Å². The van der Waals surface area contributed by atoms with Gasteiger partial charge in [0.15, 0.2) is 0 Å². The Kier molecular flexibility index (Phi) is 9.01. The van der Waals surface area contributed by atoms with Crippen molar-refractivity contribution in [2.45, 2.75) is 57.4 Å². The second-order valence-electron chi connectivity index (χ2n) is 10.4. The topological polar surface area (TPSA) is 83.8 Å². The highest BCUT2D eigenvalue weighted by Crippen LogP contribution is 2.44. The second kappa shape index (κ2) is 12.5. The molecule has 7 nitrogen and oxygen atoms in total. The van der Waals surface area contributed by atoms with E-state index in [9.17, 15) is 13.2 Å². The van der Waals surface area contributed by atoms with Crippen molar-refractivity contribution in [2.75, 3.05) is 32.0 Å². The van der Waals surface area contributed by atoms with Crippen LogP contribution < -0.4 is 10.2 Å². The number of fused-ring (bicyclic) bond motifs is 2. The van der Waals surface area contributed by atoms with Gasteiger partial charge in [-0.3, -0.25) is 4.79 Å². The van der Waals surface area contributed by atoms with Crippen molar-refractivity contribution in [1.29, 1.82) is 0 Å². The number of sulfonamides is 1. The maximum absolute atomic E-state index is 13.4. The van der Waals surface area contributed by atoms with Crippen LogP contribution in [0, 0.1) is 0 Å². The van der Waals surface area contributed by atoms with Gasteiger partial charge in [0.25, 0.3) is 5.91 Å². The van der Waals surface area contributed by atoms with Crippen LogP contribution >= 0.6 is 22.7 Å². The summed E-state index contributed by atoms with van der Waals surface area (Å²) in [6.07, 6.45) is 4.45. The lowest BCUT2D eigenvalue weighted by molar-refractivity contribution is -0.895. The number of thiazole rings is 1. The molecule has 0 spiro atoms. The van der Waals surface area contributed by atoms with Gasteiger partial charge in [-0.15, -0.1) is 22.7 Å². The zero-order chi connectivity index (χ0) is 28.3. The number of quaternary nitrogens is 1. The highest BCUT2D eigenvalue weighted by molar-refractivity contribution is 7.89. The molecule has 212 valence electrons. The number of anilines is 1. The second-order valence-corrected chi connectivity index (χ2v) is 14.5. The Morgan fingerprint density at radius 2 is 1.73 bits per heavy atom. The smallest absolute Gasteiger partial charge is 0.256 e. The number of benzene rings is 2. The standard InChI is InChI=1S/C30H36N4O3S3/c1-4-6-17-34(18-7-5-2)40(36,37)22-14-12-21(13-15-22)28(35)32-30-27(23-16-19-33(3)20-26(23)39-30)29-31-24-10-8-9-11-25(24)38-29/h8-15H,4-7,16-20H2,1-3H3,(H,32,35)/p+1. The van der Waals surface area contributed by atoms with Crippen LogP contribution in [0.4, 0.5) is 5.00 Å². The summed E-state index contributed by atoms with van der Waals surface area (Å²) in [6, 6.07) is 14.4. The zero-order valence-electron chi connectivity index (χ0n) is 23.3. The van der Waals surface area contributed by atoms with Crippen LogP contribution in [0.25, 0.3) is 20.8 Å². The Hall–Kier alpha value is -2.63. The number of carbonyl (C=O) groups excluding carboxylic acids is 1. The van der Waals surface area contributed by atoms with E-state index >= 15 is 0 Å². The molecule has 2 aromatic carbocycles. The molecule has 3 heterocycles. The zero-order valence-corrected chi connectivity index (χ0v) is 25.8. The molecule has 0 bridgehead atoms. The Bertz CT molecular complexity index is 1550. The molecule has 2 N–H and O–H groups in total. The Morgan fingerprint density at radius 1 is 1.02 bits per heavy atom. The van der Waals surface area contributed by atoms with Crippen molar-refractivity contribution < 1.29 is 18.1 Å². The summed E-state index contributed by atoms with van der Waals surface area (Å²) in [4.78, 5) is 21.3. The van der Waals surface area contributed by atoms with Gasteiger partial charge in [0.2, 0.25) is 10.0 Å². The number of carbonyl (C=O) groups is 1. The number of para-hydroxylation sites is 1. The van der Waals surface area contributed by atoms with E-state index in [-0.39, 0.29) is 10.8 Å². The fourth-order valence-electron chi connectivity index (χ4n) is 5.04. The van der Waals surface area contributed by atoms with E-state index in [1.165, 1.54) is 15.3 Å². The van der Waals surface area contributed by atoms with Gasteiger partial charge >= 0.3 is 0 Å². The van der Waals surface area contributed by atoms with Crippen molar-refractivity contribution in [3.63, 3.8) is 0 Å². The lowest BCUT2D eigenvalue weighted by Crippen LogP contribution is -3.08. The first-order chi connectivity index (χ1) is 19.3. The number of likely N-dealkylation sites (N-methyl/N-ethyl adjacent to an activating group) is 1. The Balaban J connectivity index is 1.42. The van der Waals surface area contributed by atoms with Crippen LogP contribution in [0.3, 0.4) is 0 Å². The molecule has 10 heteroatoms. The van der Waals surface area contributed by atoms with E-state index in [0.29, 0.717) is 18.7 Å². The molecule has 0 saturated heterocycles. The first-order valence-corrected chi connectivity index (χ1v) is 17.1. The average Bonchev–Trinajstić information content (AvgIpc) is 3.53. The molecule has 1 amide bonds. The summed E-state index contributed by atoms with van der Waals surface area (Å²) in [7, 11) is -1.42. The summed E-state index contributed by atoms with van der Waals surface area (Å²) in [5, 5.41) is 4.89. The lowest BCUT2D eigenvalue weighted by atomic mass is 10.0. The minimum Gasteiger partial charge on any atom is -0.333 e. The summed E-state index contributed by atoms with van der Waals surface area (Å²) < 4.78 is 29.4. The van der Waals surface area contributed by atoms with E-state index in [0.717, 1.165) is 71.0 Å². The number of nitrogens with one attached hydrogen (secondary N) is 2. The van der Waals surface area contributed by atoms with Crippen LogP contribution in [0.5, 0.6) is 0 Å². The minimum absolute atomic E-state index is 0.226. The summed E-state index contributed by atoms with van der Waals surface area (Å²) in [5.74, 6) is -0.251. The van der Waals surface area contributed by atoms with Gasteiger partial charge in [0, 0.05) is 30.6 Å². The number of hydrogen-bond acceptors (Lipinski definition) is 6. The molecule has 1 aliphatic rings. The van der Waals surface area contributed by atoms with E-state index in [4.69, 9.17) is 4.98 Å². The quantitative estimate of drug-likeness (QED) is 0.241. The average molecular weight is 598 g/mol. The monoisotopic (exact) mass is 597 g/mol. The molecule has 40 heavy (non-hydrogen) atoms. The Morgan fingerprint density at radius 3 is 2.40 bits per heavy atom. The maximum Gasteiger partial charge on any atom is 0.256 e. The van der Waals surface area contributed by atoms with Gasteiger partial charge in [0.05, 0.1) is 33.6 Å². The molecule has 0 saturated carbocycles. The first-order valence-electron chi connectivity index (χ1n) is 14.0. The third kappa shape index (κ3) is 6.01. The van der Waals surface area contributed by atoms with Gasteiger partial charge in [-0.25, -0.2) is 13.4 Å². The number of rotatable bonds is 11. The van der Waals surface area contributed by atoms with Crippen LogP contribution in [-0.2, 0) is 23.0 Å². The lowest BCUT2D eigenvalue weighted by Gasteiger charge is -2.22. The molecule has 2 aromatic heterocycles. The third-order valence-corrected chi connectivity index (χ3v) is 11.5. The molecular weight excluding hydrogens is 561 g/mol. The normalized spacial score (nSPS) is 15.4. The van der Waals surface area contributed by atoms with Crippen molar-refractivity contribution in [3.8, 4) is 10.6 Å². The van der Waals surface area contributed by atoms with Crippen molar-refractivity contribution in [3.05, 3.63) is 64.5 Å². The van der Waals surface area contributed by atoms with Gasteiger partial charge in [-0.05, 0) is 54.8 Å². The summed E-state index contributed by atoms with van der Waals surface area (Å²) in [6.45, 7) is 7.10. The minimum atomic E-state index is -3.62. The van der Waals surface area contributed by atoms with E-state index in [2.05, 4.69) is 32.3 Å². The summed E-state index contributed by atoms with van der Waals surface area (Å²) >= 11 is 3.28. The van der Waals surface area contributed by atoms with Crippen LogP contribution in [0.2, 0.25) is 0 Å². The van der Waals surface area contributed by atoms with E-state index in [1.807, 2.05) is 18.2 Å². The number of thiophene rings is 1. The van der Waals surface area contributed by atoms with Gasteiger partial charge in [-0.2, -0.15) is 4.31 Å². The largest absolute Gasteiger partial charge is 0.333 e. The summed E-state index contributed by atoms with van der Waals surface area (Å²) in [5.41, 5.74) is 3.70. The molecule has 0 radical (unpaired) electrons. The molecule has 0 fully saturated rings. The molecule has 4 aromatic rings. The third-order valence-electron chi connectivity index (χ3n) is 7.37. The number of hydrogen-bond donors (Lipinski definition) is 2. The first kappa shape index (κ1) is 28.9.